The van der Waals surface area contributed by atoms with E-state index in [0.717, 1.165) is 70.7 Å². The van der Waals surface area contributed by atoms with Crippen LogP contribution in [0.15, 0.2) is 158 Å². The molecule has 0 radical (unpaired) electrons. The predicted molar refractivity (Wildman–Crippen MR) is 482 cm³/mol. The first kappa shape index (κ1) is 118. The number of anilines is 2. The molecule has 0 aliphatic rings. The molecular weight excluding hydrogens is 1780 g/mol. The number of carbonyl (C=O) groups excluding carboxylic acids is 4. The molecule has 7 aromatic carbocycles. The van der Waals surface area contributed by atoms with Crippen molar-refractivity contribution in [2.24, 2.45) is 5.73 Å². The van der Waals surface area contributed by atoms with Crippen LogP contribution in [-0.2, 0) is 126 Å². The highest BCUT2D eigenvalue weighted by Gasteiger charge is 2.32. The zero-order valence-corrected chi connectivity index (χ0v) is 78.7. The summed E-state index contributed by atoms with van der Waals surface area (Å²) in [4.78, 5) is 85.5. The number of carbonyl (C=O) groups is 4. The van der Waals surface area contributed by atoms with Crippen molar-refractivity contribution in [3.8, 4) is 11.5 Å². The maximum Gasteiger partial charge on any atom is 0.379 e. The summed E-state index contributed by atoms with van der Waals surface area (Å²) in [6, 6.07) is 39.8. The molecule has 0 spiro atoms. The molecule has 696 valence electrons. The number of esters is 4. The van der Waals surface area contributed by atoms with E-state index in [1.165, 1.54) is 52.6 Å². The molecule has 7 rings (SSSR count). The minimum absolute atomic E-state index is 0. The van der Waals surface area contributed by atoms with Crippen LogP contribution in [0, 0.1) is 40.5 Å². The van der Waals surface area contributed by atoms with Gasteiger partial charge in [-0.3, -0.25) is 77.9 Å². The van der Waals surface area contributed by atoms with Crippen molar-refractivity contribution in [3.63, 3.8) is 0 Å². The number of phenols is 1. The number of hydrogen-bond donors (Lipinski definition) is 9. The summed E-state index contributed by atoms with van der Waals surface area (Å²) in [5.41, 5.74) is 22.9. The third kappa shape index (κ3) is 50.5. The number of benzene rings is 7. The van der Waals surface area contributed by atoms with Crippen LogP contribution in [-0.4, -0.2) is 136 Å². The molecule has 7 aromatic rings. The maximum atomic E-state index is 13.0. The van der Waals surface area contributed by atoms with E-state index in [0.29, 0.717) is 17.2 Å². The quantitative estimate of drug-likeness (QED) is 0.00445. The Morgan fingerprint density at radius 3 is 0.928 bits per heavy atom. The number of aryl methyl sites for hydroxylation is 2. The number of non-ortho nitro benzene ring substituents is 2. The van der Waals surface area contributed by atoms with Crippen LogP contribution in [0.3, 0.4) is 0 Å². The van der Waals surface area contributed by atoms with Gasteiger partial charge >= 0.3 is 41.3 Å². The summed E-state index contributed by atoms with van der Waals surface area (Å²) >= 11 is 9.63. The fraction of sp³-hybridized carbons (Fsp3) is 0.425. The van der Waals surface area contributed by atoms with Gasteiger partial charge < -0.3 is 74.3 Å². The fourth-order valence-corrected chi connectivity index (χ4v) is 14.3. The van der Waals surface area contributed by atoms with E-state index in [9.17, 15) is 77.9 Å². The summed E-state index contributed by atoms with van der Waals surface area (Å²) in [6.45, 7) is 24.6. The van der Waals surface area contributed by atoms with Gasteiger partial charge in [-0.2, -0.15) is 0 Å². The van der Waals surface area contributed by atoms with Gasteiger partial charge in [-0.15, -0.1) is 12.4 Å². The van der Waals surface area contributed by atoms with Crippen molar-refractivity contribution in [3.05, 3.63) is 243 Å². The summed E-state index contributed by atoms with van der Waals surface area (Å²) in [6.07, 6.45) is -1.58. The number of nitrogens with one attached hydrogen (secondary N) is 3. The van der Waals surface area contributed by atoms with Gasteiger partial charge in [-0.1, -0.05) is 111 Å². The lowest BCUT2D eigenvalue weighted by Gasteiger charge is -2.22. The van der Waals surface area contributed by atoms with E-state index in [4.69, 9.17) is 92.3 Å². The highest BCUT2D eigenvalue weighted by Crippen LogP contribution is 2.56. The average molecular weight is 1900 g/mol. The van der Waals surface area contributed by atoms with Crippen molar-refractivity contribution >= 4 is 122 Å². The Balaban J connectivity index is 0. The lowest BCUT2D eigenvalue weighted by molar-refractivity contribution is -0.395. The molecule has 0 bridgehead atoms. The number of hydrogen-bond acceptors (Lipinski definition) is 31. The number of nitro benzene ring substituents is 4. The molecule has 0 aliphatic carbocycles. The summed E-state index contributed by atoms with van der Waals surface area (Å²) in [5, 5.41) is 77.2. The van der Waals surface area contributed by atoms with Crippen molar-refractivity contribution in [2.45, 2.75) is 197 Å². The number of aliphatic hydroxyl groups is 2. The first-order valence-corrected chi connectivity index (χ1v) is 46.9. The number of nitrogen functional groups attached to an aromatic ring is 2. The monoisotopic (exact) mass is 1890 g/mol. The second kappa shape index (κ2) is 60.3. The lowest BCUT2D eigenvalue weighted by atomic mass is 10.1. The topological polar surface area (TPSA) is 567 Å². The maximum absolute atomic E-state index is 13.0. The summed E-state index contributed by atoms with van der Waals surface area (Å²) in [5.74, 6) is -2.48. The molecule has 0 heterocycles. The number of ether oxygens (including phenoxy) is 5. The van der Waals surface area contributed by atoms with E-state index in [2.05, 4.69) is 45.8 Å². The third-order valence-electron chi connectivity index (χ3n) is 15.6. The van der Waals surface area contributed by atoms with Gasteiger partial charge in [0.2, 0.25) is 0 Å². The third-order valence-corrected chi connectivity index (χ3v) is 23.3. The molecular formula is C80H117Cl3N10O28P4. The molecule has 7 atom stereocenters. The summed E-state index contributed by atoms with van der Waals surface area (Å²) < 4.78 is 93.4. The van der Waals surface area contributed by atoms with Gasteiger partial charge in [-0.25, -0.2) is 15.3 Å². The summed E-state index contributed by atoms with van der Waals surface area (Å²) in [7, 11) is -4.57. The predicted octanol–water partition coefficient (Wildman–Crippen LogP) is 17.0. The second-order valence-corrected chi connectivity index (χ2v) is 38.8. The highest BCUT2D eigenvalue weighted by molar-refractivity contribution is 8.05. The van der Waals surface area contributed by atoms with Crippen molar-refractivity contribution in [1.82, 2.24) is 15.3 Å². The van der Waals surface area contributed by atoms with E-state index < -0.39 is 119 Å². The molecule has 45 heteroatoms. The van der Waals surface area contributed by atoms with Gasteiger partial charge in [0.15, 0.2) is 11.5 Å². The van der Waals surface area contributed by atoms with Gasteiger partial charge in [0.05, 0.1) is 87.9 Å². The molecule has 0 saturated heterocycles. The largest absolute Gasteiger partial charge is 0.502 e. The van der Waals surface area contributed by atoms with Gasteiger partial charge in [0.25, 0.3) is 33.9 Å². The standard InChI is InChI=1S/C21H26N3O9P.C16H26NO4P.C15H24NO5P.C8H11N.C7H9NO.C6H4N2O5.C6H13NO2.CH3Cl2O2P.ClH/c1-14(2)33-21(25)15(3)22-34(30,31-4)13-17-7-5-16(6-8-17)12-32-20-10-9-18(23(26)27)11-19(20)24(28)29;1-6-14-7-9-15(10-8-14)11-22(19,20-5)17-13(4)16(18)21-12(2)3;1-11(2)21-15(18)12(3)16-22(19,20-4)10-14-7-5-13(9-17)6-8-14;1-2-7-3-5-8(9)6-4-7;8-7-3-1-6(5-9)2-4-7;9-6-2-1-4(7(10)11)3-5(6)8(12)13;1-4(2)9-6(8)5(3)7;1-5-6(2,3)4;/h5-11,14-15H,12-13H2,1-4H3,(H,22,30);7-10,12-13H,6,11H2,1-5H3,(H,17,19);5-8,11-12,17H,9-10H2,1-4H3,(H,16,19);3-6H,2,9H2,1H3;1-4,9H,5,8H2;1-3,9H;4-5H,7H2,1-3H3;1H3;1H/t15-,34?;13-,22?;12-,22?;;;;5-;;/m000...0../s1. The van der Waals surface area contributed by atoms with E-state index in [1.807, 2.05) is 36.4 Å². The molecule has 0 aromatic heterocycles. The minimum atomic E-state index is -3.40. The van der Waals surface area contributed by atoms with E-state index >= 15 is 0 Å². The number of phenolic OH excluding ortho intramolecular Hbond substituents is 1. The van der Waals surface area contributed by atoms with Crippen LogP contribution in [0.4, 0.5) is 34.1 Å². The van der Waals surface area contributed by atoms with Gasteiger partial charge in [0.1, 0.15) is 30.8 Å². The molecule has 12 N–H and O–H groups in total. The number of nitro groups is 4. The molecule has 38 nitrogen and oxygen atoms in total. The Morgan fingerprint density at radius 2 is 0.672 bits per heavy atom. The minimum Gasteiger partial charge on any atom is -0.502 e. The Hall–Kier alpha value is -9.39. The molecule has 0 saturated carbocycles. The smallest absolute Gasteiger partial charge is 0.379 e. The van der Waals surface area contributed by atoms with Crippen LogP contribution in [0.1, 0.15) is 141 Å². The van der Waals surface area contributed by atoms with Crippen LogP contribution < -0.4 is 37.2 Å². The van der Waals surface area contributed by atoms with Crippen LogP contribution in [0.25, 0.3) is 0 Å². The number of aromatic hydroxyl groups is 1. The normalized spacial score (nSPS) is 13.0. The number of aliphatic hydroxyl groups excluding tert-OH is 2. The van der Waals surface area contributed by atoms with E-state index in [1.54, 1.807) is 149 Å². The zero-order valence-electron chi connectivity index (χ0n) is 72.8. The number of halogens is 3. The highest BCUT2D eigenvalue weighted by atomic mass is 35.9. The second-order valence-electron chi connectivity index (χ2n) is 27.5. The van der Waals surface area contributed by atoms with E-state index in [-0.39, 0.29) is 86.8 Å². The SMILES string of the molecule is CC(C)OC(=O)[C@H](C)N.CCc1ccc(CP(=O)(N[C@@H](C)C(=O)OC(C)C)OC)cc1.CCc1ccc(N)cc1.COP(=O)(Cc1ccc(CO)cc1)N[C@@H](C)C(=O)OC(C)C.COP(=O)(Cc1ccc(COc2ccc([N+](=O)[O-])cc2[N+](=O)[O-])cc1)N[C@@H](C)C(=O)OC(C)C.COP(=O)(Cl)Cl.Cl.Nc1ccc(CO)cc1.O=[N+]([O-])c1ccc(O)c([N+](=O)[O-])c1. The van der Waals surface area contributed by atoms with Gasteiger partial charge in [0, 0.05) is 51.9 Å². The zero-order chi connectivity index (χ0) is 95.0. The fourth-order valence-electron chi connectivity index (χ4n) is 9.16. The first-order valence-electron chi connectivity index (χ1n) is 38.0. The van der Waals surface area contributed by atoms with Crippen LogP contribution in [0.2, 0.25) is 0 Å². The number of nitrogens with two attached hydrogens (primary N) is 3. The lowest BCUT2D eigenvalue weighted by Crippen LogP contribution is -2.35. The van der Waals surface area contributed by atoms with Crippen molar-refractivity contribution in [2.75, 3.05) is 39.9 Å². The molecule has 3 unspecified atom stereocenters. The number of rotatable bonds is 35. The first-order chi connectivity index (χ1) is 57.8. The Labute approximate surface area is 743 Å². The molecule has 0 aliphatic heterocycles. The molecule has 125 heavy (non-hydrogen) atoms. The Bertz CT molecular complexity index is 4520. The van der Waals surface area contributed by atoms with Crippen molar-refractivity contribution < 1.29 is 114 Å². The Kier molecular flexibility index (Phi) is 56.8. The Morgan fingerprint density at radius 1 is 0.408 bits per heavy atom. The van der Waals surface area contributed by atoms with Crippen LogP contribution >= 0.6 is 63.5 Å². The average Bonchev–Trinajstić information content (AvgIpc) is 0.843. The number of nitrogens with zero attached hydrogens (tertiary/aromatic N) is 4. The van der Waals surface area contributed by atoms with Gasteiger partial charge in [-0.05, 0) is 199 Å². The van der Waals surface area contributed by atoms with Crippen molar-refractivity contribution in [1.29, 1.82) is 0 Å². The molecule has 0 fully saturated rings. The molecule has 0 amide bonds. The van der Waals surface area contributed by atoms with Crippen LogP contribution in [0.5, 0.6) is 11.5 Å².